The molecule has 0 bridgehead atoms. The minimum atomic E-state index is -0.441. The van der Waals surface area contributed by atoms with E-state index in [4.69, 9.17) is 9.47 Å². The molecular formula is C14H20N2O3. The Balaban J connectivity index is 2.10. The topological polar surface area (TPSA) is 59.6 Å². The number of benzene rings is 1. The molecule has 5 nitrogen and oxygen atoms in total. The zero-order valence-corrected chi connectivity index (χ0v) is 11.4. The number of morpholine rings is 1. The molecule has 1 amide bonds. The van der Waals surface area contributed by atoms with E-state index in [9.17, 15) is 4.79 Å². The van der Waals surface area contributed by atoms with Crippen molar-refractivity contribution in [2.24, 2.45) is 0 Å². The maximum absolute atomic E-state index is 12.1. The van der Waals surface area contributed by atoms with E-state index in [0.29, 0.717) is 24.6 Å². The van der Waals surface area contributed by atoms with E-state index in [1.165, 1.54) is 0 Å². The van der Waals surface area contributed by atoms with Crippen LogP contribution in [0, 0.1) is 0 Å². The monoisotopic (exact) mass is 264 g/mol. The Bertz CT molecular complexity index is 442. The number of aryl methyl sites for hydroxylation is 1. The molecule has 0 spiro atoms. The van der Waals surface area contributed by atoms with Crippen LogP contribution in [0.4, 0.5) is 5.69 Å². The van der Waals surface area contributed by atoms with Gasteiger partial charge in [-0.1, -0.05) is 13.0 Å². The predicted octanol–water partition coefficient (Wildman–Crippen LogP) is 1.18. The summed E-state index contributed by atoms with van der Waals surface area (Å²) in [5.41, 5.74) is 1.85. The highest BCUT2D eigenvalue weighted by molar-refractivity contribution is 5.95. The quantitative estimate of drug-likeness (QED) is 0.857. The van der Waals surface area contributed by atoms with Crippen LogP contribution in [-0.2, 0) is 16.0 Å². The third kappa shape index (κ3) is 3.45. The van der Waals surface area contributed by atoms with Crippen LogP contribution in [0.2, 0.25) is 0 Å². The summed E-state index contributed by atoms with van der Waals surface area (Å²) in [6.07, 6.45) is 0.470. The third-order valence-electron chi connectivity index (χ3n) is 3.15. The molecule has 0 saturated carbocycles. The Morgan fingerprint density at radius 3 is 3.05 bits per heavy atom. The third-order valence-corrected chi connectivity index (χ3v) is 3.15. The summed E-state index contributed by atoms with van der Waals surface area (Å²) in [6, 6.07) is 5.80. The number of rotatable bonds is 4. The Kier molecular flexibility index (Phi) is 4.76. The summed E-state index contributed by atoms with van der Waals surface area (Å²) in [5, 5.41) is 6.01. The second kappa shape index (κ2) is 6.54. The summed E-state index contributed by atoms with van der Waals surface area (Å²) >= 11 is 0. The van der Waals surface area contributed by atoms with Crippen LogP contribution in [0.3, 0.4) is 0 Å². The number of ether oxygens (including phenoxy) is 2. The van der Waals surface area contributed by atoms with Crippen LogP contribution in [0.1, 0.15) is 12.5 Å². The van der Waals surface area contributed by atoms with Crippen molar-refractivity contribution < 1.29 is 14.3 Å². The van der Waals surface area contributed by atoms with E-state index in [1.807, 2.05) is 18.2 Å². The molecule has 1 atom stereocenters. The van der Waals surface area contributed by atoms with Crippen molar-refractivity contribution in [3.8, 4) is 5.75 Å². The standard InChI is InChI=1S/C14H20N2O3/c1-3-10-4-5-12(18-2)11(8-10)16-14(17)13-9-15-6-7-19-13/h4-5,8,13,15H,3,6-7,9H2,1-2H3,(H,16,17). The maximum atomic E-state index is 12.1. The van der Waals surface area contributed by atoms with E-state index >= 15 is 0 Å². The maximum Gasteiger partial charge on any atom is 0.254 e. The molecule has 1 aromatic carbocycles. The lowest BCUT2D eigenvalue weighted by atomic mass is 10.1. The average molecular weight is 264 g/mol. The first-order valence-corrected chi connectivity index (χ1v) is 6.54. The highest BCUT2D eigenvalue weighted by Crippen LogP contribution is 2.26. The molecule has 1 saturated heterocycles. The molecule has 2 rings (SSSR count). The molecule has 0 aliphatic carbocycles. The van der Waals surface area contributed by atoms with Gasteiger partial charge in [0.05, 0.1) is 19.4 Å². The second-order valence-corrected chi connectivity index (χ2v) is 4.44. The van der Waals surface area contributed by atoms with Crippen molar-refractivity contribution in [1.82, 2.24) is 5.32 Å². The molecule has 1 fully saturated rings. The number of amides is 1. The van der Waals surface area contributed by atoms with Gasteiger partial charge < -0.3 is 20.1 Å². The predicted molar refractivity (Wildman–Crippen MR) is 73.6 cm³/mol. The zero-order chi connectivity index (χ0) is 13.7. The number of hydrogen-bond acceptors (Lipinski definition) is 4. The Morgan fingerprint density at radius 1 is 1.58 bits per heavy atom. The van der Waals surface area contributed by atoms with Crippen molar-refractivity contribution in [3.63, 3.8) is 0 Å². The molecule has 5 heteroatoms. The fraction of sp³-hybridized carbons (Fsp3) is 0.500. The minimum absolute atomic E-state index is 0.140. The van der Waals surface area contributed by atoms with E-state index in [1.54, 1.807) is 7.11 Å². The molecule has 1 heterocycles. The molecule has 2 N–H and O–H groups in total. The van der Waals surface area contributed by atoms with Gasteiger partial charge in [0.2, 0.25) is 0 Å². The molecule has 1 aliphatic heterocycles. The normalized spacial score (nSPS) is 18.9. The van der Waals surface area contributed by atoms with Crippen molar-refractivity contribution in [3.05, 3.63) is 23.8 Å². The number of nitrogens with one attached hydrogen (secondary N) is 2. The molecule has 0 radical (unpaired) electrons. The van der Waals surface area contributed by atoms with Gasteiger partial charge in [-0.2, -0.15) is 0 Å². The lowest BCUT2D eigenvalue weighted by Crippen LogP contribution is -2.45. The van der Waals surface area contributed by atoms with Gasteiger partial charge in [-0.25, -0.2) is 0 Å². The molecule has 1 unspecified atom stereocenters. The fourth-order valence-electron chi connectivity index (χ4n) is 2.02. The highest BCUT2D eigenvalue weighted by Gasteiger charge is 2.22. The number of methoxy groups -OCH3 is 1. The Morgan fingerprint density at radius 2 is 2.42 bits per heavy atom. The van der Waals surface area contributed by atoms with Crippen molar-refractivity contribution in [1.29, 1.82) is 0 Å². The van der Waals surface area contributed by atoms with E-state index in [2.05, 4.69) is 17.6 Å². The molecule has 1 aliphatic rings. The minimum Gasteiger partial charge on any atom is -0.495 e. The Hall–Kier alpha value is -1.59. The van der Waals surface area contributed by atoms with E-state index < -0.39 is 6.10 Å². The van der Waals surface area contributed by atoms with Crippen molar-refractivity contribution in [2.45, 2.75) is 19.4 Å². The van der Waals surface area contributed by atoms with Crippen LogP contribution in [0.15, 0.2) is 18.2 Å². The molecule has 0 aromatic heterocycles. The molecule has 104 valence electrons. The summed E-state index contributed by atoms with van der Waals surface area (Å²) in [6.45, 7) is 3.96. The van der Waals surface area contributed by atoms with Crippen LogP contribution in [0.5, 0.6) is 5.75 Å². The number of carbonyl (C=O) groups is 1. The zero-order valence-electron chi connectivity index (χ0n) is 11.4. The lowest BCUT2D eigenvalue weighted by molar-refractivity contribution is -0.128. The van der Waals surface area contributed by atoms with Crippen LogP contribution >= 0.6 is 0 Å². The fourth-order valence-corrected chi connectivity index (χ4v) is 2.02. The Labute approximate surface area is 113 Å². The number of hydrogen-bond donors (Lipinski definition) is 2. The first-order chi connectivity index (χ1) is 9.24. The highest BCUT2D eigenvalue weighted by atomic mass is 16.5. The summed E-state index contributed by atoms with van der Waals surface area (Å²) in [5.74, 6) is 0.521. The van der Waals surface area contributed by atoms with Gasteiger partial charge in [0.25, 0.3) is 5.91 Å². The van der Waals surface area contributed by atoms with Gasteiger partial charge in [-0.15, -0.1) is 0 Å². The van der Waals surface area contributed by atoms with Gasteiger partial charge in [0, 0.05) is 13.1 Å². The average Bonchev–Trinajstić information content (AvgIpc) is 2.48. The first kappa shape index (κ1) is 13.8. The van der Waals surface area contributed by atoms with E-state index in [-0.39, 0.29) is 5.91 Å². The smallest absolute Gasteiger partial charge is 0.254 e. The summed E-state index contributed by atoms with van der Waals surface area (Å²) in [7, 11) is 1.59. The largest absolute Gasteiger partial charge is 0.495 e. The van der Waals surface area contributed by atoms with Gasteiger partial charge >= 0.3 is 0 Å². The first-order valence-electron chi connectivity index (χ1n) is 6.54. The lowest BCUT2D eigenvalue weighted by Gasteiger charge is -2.23. The van der Waals surface area contributed by atoms with Crippen LogP contribution < -0.4 is 15.4 Å². The van der Waals surface area contributed by atoms with Gasteiger partial charge in [-0.3, -0.25) is 4.79 Å². The van der Waals surface area contributed by atoms with Gasteiger partial charge in [0.15, 0.2) is 0 Å². The van der Waals surface area contributed by atoms with Gasteiger partial charge in [-0.05, 0) is 24.1 Å². The number of anilines is 1. The molecule has 1 aromatic rings. The van der Waals surface area contributed by atoms with Gasteiger partial charge in [0.1, 0.15) is 11.9 Å². The van der Waals surface area contributed by atoms with Crippen molar-refractivity contribution >= 4 is 11.6 Å². The van der Waals surface area contributed by atoms with Crippen LogP contribution in [-0.4, -0.2) is 38.8 Å². The summed E-state index contributed by atoms with van der Waals surface area (Å²) in [4.78, 5) is 12.1. The molecule has 19 heavy (non-hydrogen) atoms. The molecular weight excluding hydrogens is 244 g/mol. The van der Waals surface area contributed by atoms with Crippen molar-refractivity contribution in [2.75, 3.05) is 32.1 Å². The number of carbonyl (C=O) groups excluding carboxylic acids is 1. The summed E-state index contributed by atoms with van der Waals surface area (Å²) < 4.78 is 10.7. The van der Waals surface area contributed by atoms with E-state index in [0.717, 1.165) is 18.5 Å². The SMILES string of the molecule is CCc1ccc(OC)c(NC(=O)C2CNCCO2)c1. The van der Waals surface area contributed by atoms with Crippen LogP contribution in [0.25, 0.3) is 0 Å². The second-order valence-electron chi connectivity index (χ2n) is 4.44.